The van der Waals surface area contributed by atoms with Gasteiger partial charge >= 0.3 is 0 Å². The molecule has 0 bridgehead atoms. The number of carbonyl (C=O) groups is 1. The highest BCUT2D eigenvalue weighted by Crippen LogP contribution is 2.25. The van der Waals surface area contributed by atoms with Gasteiger partial charge in [0, 0.05) is 18.5 Å². The van der Waals surface area contributed by atoms with Crippen LogP contribution in [-0.4, -0.2) is 19.1 Å². The van der Waals surface area contributed by atoms with Crippen LogP contribution in [0.5, 0.6) is 5.75 Å². The molecule has 0 spiro atoms. The van der Waals surface area contributed by atoms with Crippen LogP contribution in [0.15, 0.2) is 48.5 Å². The van der Waals surface area contributed by atoms with Crippen molar-refractivity contribution >= 4 is 18.3 Å². The van der Waals surface area contributed by atoms with E-state index in [1.165, 1.54) is 0 Å². The molecule has 1 aliphatic rings. The van der Waals surface area contributed by atoms with Gasteiger partial charge in [-0.2, -0.15) is 0 Å². The zero-order chi connectivity index (χ0) is 16.9. The molecule has 25 heavy (non-hydrogen) atoms. The van der Waals surface area contributed by atoms with Crippen molar-refractivity contribution in [1.29, 1.82) is 0 Å². The summed E-state index contributed by atoms with van der Waals surface area (Å²) in [6.07, 6.45) is 2.66. The van der Waals surface area contributed by atoms with Crippen LogP contribution in [0, 0.1) is 5.92 Å². The number of amides is 1. The molecule has 1 fully saturated rings. The van der Waals surface area contributed by atoms with E-state index in [2.05, 4.69) is 35.6 Å². The van der Waals surface area contributed by atoms with Crippen molar-refractivity contribution in [2.24, 2.45) is 11.7 Å². The molecule has 134 valence electrons. The molecule has 0 radical (unpaired) electrons. The molecule has 0 aliphatic heterocycles. The van der Waals surface area contributed by atoms with E-state index in [0.29, 0.717) is 6.54 Å². The first kappa shape index (κ1) is 19.3. The number of halogens is 1. The first-order chi connectivity index (χ1) is 11.7. The van der Waals surface area contributed by atoms with Gasteiger partial charge in [0.15, 0.2) is 0 Å². The topological polar surface area (TPSA) is 64.3 Å². The van der Waals surface area contributed by atoms with Crippen LogP contribution < -0.4 is 15.8 Å². The highest BCUT2D eigenvalue weighted by Gasteiger charge is 2.27. The predicted octanol–water partition coefficient (Wildman–Crippen LogP) is 3.53. The summed E-state index contributed by atoms with van der Waals surface area (Å²) < 4.78 is 5.26. The Kier molecular flexibility index (Phi) is 6.85. The van der Waals surface area contributed by atoms with Crippen LogP contribution in [0.25, 0.3) is 11.1 Å². The second-order valence-electron chi connectivity index (χ2n) is 6.42. The van der Waals surface area contributed by atoms with Gasteiger partial charge < -0.3 is 15.8 Å². The third kappa shape index (κ3) is 4.97. The monoisotopic (exact) mass is 360 g/mol. The molecule has 4 nitrogen and oxygen atoms in total. The number of benzene rings is 2. The SMILES string of the molecule is COc1cccc(-c2ccc(CNC(=O)C3CCC(N)C3)cc2)c1.Cl. The molecular formula is C20H25ClN2O2. The van der Waals surface area contributed by atoms with E-state index in [1.54, 1.807) is 7.11 Å². The second-order valence-corrected chi connectivity index (χ2v) is 6.42. The van der Waals surface area contributed by atoms with Crippen molar-refractivity contribution in [2.45, 2.75) is 31.8 Å². The van der Waals surface area contributed by atoms with Gasteiger partial charge in [-0.25, -0.2) is 0 Å². The Morgan fingerprint density at radius 3 is 2.56 bits per heavy atom. The molecule has 2 aromatic carbocycles. The first-order valence-electron chi connectivity index (χ1n) is 8.42. The number of nitrogens with one attached hydrogen (secondary N) is 1. The number of hydrogen-bond acceptors (Lipinski definition) is 3. The molecule has 1 aliphatic carbocycles. The summed E-state index contributed by atoms with van der Waals surface area (Å²) in [6, 6.07) is 16.4. The lowest BCUT2D eigenvalue weighted by Gasteiger charge is -2.11. The lowest BCUT2D eigenvalue weighted by Crippen LogP contribution is -2.29. The van der Waals surface area contributed by atoms with E-state index in [0.717, 1.165) is 41.7 Å². The first-order valence-corrected chi connectivity index (χ1v) is 8.42. The Bertz CT molecular complexity index is 703. The minimum Gasteiger partial charge on any atom is -0.497 e. The molecule has 2 unspecified atom stereocenters. The number of ether oxygens (including phenoxy) is 1. The summed E-state index contributed by atoms with van der Waals surface area (Å²) in [4.78, 5) is 12.1. The van der Waals surface area contributed by atoms with Crippen molar-refractivity contribution in [3.63, 3.8) is 0 Å². The standard InChI is InChI=1S/C20H24N2O2.ClH/c1-24-19-4-2-3-16(12-19)15-7-5-14(6-8-15)13-22-20(23)17-9-10-18(21)11-17;/h2-8,12,17-18H,9-11,13,21H2,1H3,(H,22,23);1H. The lowest BCUT2D eigenvalue weighted by molar-refractivity contribution is -0.125. The summed E-state index contributed by atoms with van der Waals surface area (Å²) in [7, 11) is 1.67. The average Bonchev–Trinajstić information content (AvgIpc) is 3.06. The number of hydrogen-bond donors (Lipinski definition) is 2. The van der Waals surface area contributed by atoms with E-state index < -0.39 is 0 Å². The fourth-order valence-corrected chi connectivity index (χ4v) is 3.21. The largest absolute Gasteiger partial charge is 0.497 e. The normalized spacial score (nSPS) is 19.1. The Morgan fingerprint density at radius 1 is 1.16 bits per heavy atom. The van der Waals surface area contributed by atoms with Crippen molar-refractivity contribution in [2.75, 3.05) is 7.11 Å². The van der Waals surface area contributed by atoms with E-state index in [1.807, 2.05) is 18.2 Å². The van der Waals surface area contributed by atoms with Gasteiger partial charge in [0.25, 0.3) is 0 Å². The van der Waals surface area contributed by atoms with E-state index in [9.17, 15) is 4.79 Å². The minimum atomic E-state index is 0. The van der Waals surface area contributed by atoms with E-state index >= 15 is 0 Å². The lowest BCUT2D eigenvalue weighted by atomic mass is 10.0. The highest BCUT2D eigenvalue weighted by atomic mass is 35.5. The summed E-state index contributed by atoms with van der Waals surface area (Å²) in [5.74, 6) is 1.05. The predicted molar refractivity (Wildman–Crippen MR) is 103 cm³/mol. The summed E-state index contributed by atoms with van der Waals surface area (Å²) >= 11 is 0. The smallest absolute Gasteiger partial charge is 0.223 e. The van der Waals surface area contributed by atoms with Gasteiger partial charge in [-0.3, -0.25) is 4.79 Å². The second kappa shape index (κ2) is 8.88. The van der Waals surface area contributed by atoms with Gasteiger partial charge in [-0.05, 0) is 48.1 Å². The zero-order valence-corrected chi connectivity index (χ0v) is 15.2. The van der Waals surface area contributed by atoms with Crippen LogP contribution in [0.1, 0.15) is 24.8 Å². The molecule has 1 amide bonds. The Labute approximate surface area is 155 Å². The van der Waals surface area contributed by atoms with Crippen LogP contribution >= 0.6 is 12.4 Å². The van der Waals surface area contributed by atoms with Gasteiger partial charge in [0.05, 0.1) is 7.11 Å². The molecule has 1 saturated carbocycles. The molecular weight excluding hydrogens is 336 g/mol. The van der Waals surface area contributed by atoms with Crippen LogP contribution in [0.4, 0.5) is 0 Å². The third-order valence-corrected chi connectivity index (χ3v) is 4.67. The number of carbonyl (C=O) groups excluding carboxylic acids is 1. The maximum atomic E-state index is 12.1. The fraction of sp³-hybridized carbons (Fsp3) is 0.350. The Morgan fingerprint density at radius 2 is 1.92 bits per heavy atom. The molecule has 5 heteroatoms. The van der Waals surface area contributed by atoms with Crippen LogP contribution in [0.2, 0.25) is 0 Å². The highest BCUT2D eigenvalue weighted by molar-refractivity contribution is 5.85. The van der Waals surface area contributed by atoms with Crippen molar-refractivity contribution in [3.05, 3.63) is 54.1 Å². The molecule has 2 atom stereocenters. The van der Waals surface area contributed by atoms with E-state index in [4.69, 9.17) is 10.5 Å². The molecule has 3 N–H and O–H groups in total. The van der Waals surface area contributed by atoms with Crippen molar-refractivity contribution in [3.8, 4) is 16.9 Å². The van der Waals surface area contributed by atoms with Crippen molar-refractivity contribution < 1.29 is 9.53 Å². The molecule has 0 heterocycles. The molecule has 2 aromatic rings. The van der Waals surface area contributed by atoms with Gasteiger partial charge in [-0.1, -0.05) is 36.4 Å². The minimum absolute atomic E-state index is 0. The Hall–Kier alpha value is -2.04. The van der Waals surface area contributed by atoms with Crippen LogP contribution in [0.3, 0.4) is 0 Å². The summed E-state index contributed by atoms with van der Waals surface area (Å²) in [5, 5.41) is 3.02. The van der Waals surface area contributed by atoms with E-state index in [-0.39, 0.29) is 30.3 Å². The maximum absolute atomic E-state index is 12.1. The molecule has 0 aromatic heterocycles. The summed E-state index contributed by atoms with van der Waals surface area (Å²) in [6.45, 7) is 0.558. The fourth-order valence-electron chi connectivity index (χ4n) is 3.21. The quantitative estimate of drug-likeness (QED) is 0.857. The number of nitrogens with two attached hydrogens (primary N) is 1. The molecule has 3 rings (SSSR count). The van der Waals surface area contributed by atoms with Gasteiger partial charge in [-0.15, -0.1) is 12.4 Å². The van der Waals surface area contributed by atoms with Crippen LogP contribution in [-0.2, 0) is 11.3 Å². The third-order valence-electron chi connectivity index (χ3n) is 4.67. The van der Waals surface area contributed by atoms with Crippen molar-refractivity contribution in [1.82, 2.24) is 5.32 Å². The Balaban J connectivity index is 0.00000225. The number of methoxy groups -OCH3 is 1. The summed E-state index contributed by atoms with van der Waals surface area (Å²) in [5.41, 5.74) is 9.21. The van der Waals surface area contributed by atoms with Gasteiger partial charge in [0.1, 0.15) is 5.75 Å². The number of rotatable bonds is 5. The molecule has 0 saturated heterocycles. The average molecular weight is 361 g/mol. The maximum Gasteiger partial charge on any atom is 0.223 e. The van der Waals surface area contributed by atoms with Gasteiger partial charge in [0.2, 0.25) is 5.91 Å². The zero-order valence-electron chi connectivity index (χ0n) is 14.4.